The standard InChI is InChI=1S/C21H19FN4O2S/c1-13-14(2)26(10-15-6-5-9-28-15)20-19(13)21(24-12-23-20)29-11-18(27)25-17-8-4-3-7-16(17)22/h3-9,12H,10-11H2,1-2H3,(H,25,27). The number of aryl methyl sites for hydroxylation is 1. The predicted octanol–water partition coefficient (Wildman–Crippen LogP) is 4.56. The molecule has 0 aliphatic carbocycles. The van der Waals surface area contributed by atoms with Gasteiger partial charge in [-0.1, -0.05) is 23.9 Å². The van der Waals surface area contributed by atoms with E-state index < -0.39 is 5.82 Å². The van der Waals surface area contributed by atoms with Crippen LogP contribution in [-0.4, -0.2) is 26.2 Å². The van der Waals surface area contributed by atoms with E-state index in [2.05, 4.69) is 19.9 Å². The van der Waals surface area contributed by atoms with Gasteiger partial charge in [-0.05, 0) is 43.7 Å². The summed E-state index contributed by atoms with van der Waals surface area (Å²) in [6.45, 7) is 4.61. The molecular weight excluding hydrogens is 391 g/mol. The number of benzene rings is 1. The summed E-state index contributed by atoms with van der Waals surface area (Å²) in [6, 6.07) is 9.87. The molecule has 29 heavy (non-hydrogen) atoms. The zero-order valence-electron chi connectivity index (χ0n) is 16.0. The van der Waals surface area contributed by atoms with Gasteiger partial charge in [0, 0.05) is 5.69 Å². The molecule has 1 amide bonds. The van der Waals surface area contributed by atoms with Crippen LogP contribution >= 0.6 is 11.8 Å². The number of hydrogen-bond acceptors (Lipinski definition) is 5. The molecule has 148 valence electrons. The normalized spacial score (nSPS) is 11.1. The molecule has 4 rings (SSSR count). The SMILES string of the molecule is Cc1c(C)n(Cc2ccco2)c2ncnc(SCC(=O)Nc3ccccc3F)c12. The Morgan fingerprint density at radius 3 is 2.79 bits per heavy atom. The summed E-state index contributed by atoms with van der Waals surface area (Å²) in [5, 5.41) is 4.23. The van der Waals surface area contributed by atoms with Gasteiger partial charge in [-0.3, -0.25) is 4.79 Å². The van der Waals surface area contributed by atoms with Crippen LogP contribution in [0.3, 0.4) is 0 Å². The van der Waals surface area contributed by atoms with Crippen molar-refractivity contribution in [3.05, 3.63) is 71.8 Å². The van der Waals surface area contributed by atoms with E-state index in [9.17, 15) is 9.18 Å². The third kappa shape index (κ3) is 3.88. The molecule has 0 saturated carbocycles. The number of nitrogens with one attached hydrogen (secondary N) is 1. The summed E-state index contributed by atoms with van der Waals surface area (Å²) in [4.78, 5) is 21.1. The van der Waals surface area contributed by atoms with E-state index >= 15 is 0 Å². The van der Waals surface area contributed by atoms with E-state index in [1.54, 1.807) is 18.4 Å². The van der Waals surface area contributed by atoms with Crippen LogP contribution in [0, 0.1) is 19.7 Å². The lowest BCUT2D eigenvalue weighted by atomic mass is 10.2. The highest BCUT2D eigenvalue weighted by molar-refractivity contribution is 8.00. The van der Waals surface area contributed by atoms with Crippen molar-refractivity contribution >= 4 is 34.4 Å². The van der Waals surface area contributed by atoms with Gasteiger partial charge in [0.25, 0.3) is 0 Å². The first-order chi connectivity index (χ1) is 14.0. The summed E-state index contributed by atoms with van der Waals surface area (Å²) >= 11 is 1.30. The molecule has 0 bridgehead atoms. The molecule has 6 nitrogen and oxygen atoms in total. The molecule has 0 unspecified atom stereocenters. The Morgan fingerprint density at radius 2 is 2.03 bits per heavy atom. The minimum atomic E-state index is -0.461. The molecule has 0 spiro atoms. The van der Waals surface area contributed by atoms with Crippen LogP contribution in [0.5, 0.6) is 0 Å². The van der Waals surface area contributed by atoms with Gasteiger partial charge in [-0.15, -0.1) is 0 Å². The maximum absolute atomic E-state index is 13.7. The van der Waals surface area contributed by atoms with Crippen LogP contribution < -0.4 is 5.32 Å². The number of rotatable bonds is 6. The van der Waals surface area contributed by atoms with Crippen molar-refractivity contribution in [3.63, 3.8) is 0 Å². The number of furan rings is 1. The second-order valence-electron chi connectivity index (χ2n) is 6.57. The van der Waals surface area contributed by atoms with Crippen LogP contribution in [0.2, 0.25) is 0 Å². The molecular formula is C21H19FN4O2S. The van der Waals surface area contributed by atoms with Crippen molar-refractivity contribution in [1.29, 1.82) is 0 Å². The zero-order valence-corrected chi connectivity index (χ0v) is 16.8. The molecule has 0 saturated heterocycles. The smallest absolute Gasteiger partial charge is 0.234 e. The molecule has 0 aliphatic heterocycles. The lowest BCUT2D eigenvalue weighted by Crippen LogP contribution is -2.15. The predicted molar refractivity (Wildman–Crippen MR) is 111 cm³/mol. The first kappa shape index (κ1) is 19.2. The van der Waals surface area contributed by atoms with Gasteiger partial charge in [0.2, 0.25) is 5.91 Å². The molecule has 3 aromatic heterocycles. The molecule has 0 radical (unpaired) electrons. The maximum Gasteiger partial charge on any atom is 0.234 e. The fraction of sp³-hybridized carbons (Fsp3) is 0.190. The van der Waals surface area contributed by atoms with Crippen LogP contribution in [0.1, 0.15) is 17.0 Å². The Hall–Kier alpha value is -3.13. The number of anilines is 1. The molecule has 0 fully saturated rings. The number of nitrogens with zero attached hydrogens (tertiary/aromatic N) is 3. The fourth-order valence-electron chi connectivity index (χ4n) is 3.18. The minimum absolute atomic E-state index is 0.113. The Morgan fingerprint density at radius 1 is 1.21 bits per heavy atom. The molecule has 8 heteroatoms. The van der Waals surface area contributed by atoms with E-state index in [0.29, 0.717) is 6.54 Å². The van der Waals surface area contributed by atoms with Crippen molar-refractivity contribution < 1.29 is 13.6 Å². The number of hydrogen-bond donors (Lipinski definition) is 1. The van der Waals surface area contributed by atoms with Crippen molar-refractivity contribution in [1.82, 2.24) is 14.5 Å². The Balaban J connectivity index is 1.56. The van der Waals surface area contributed by atoms with E-state index in [1.165, 1.54) is 30.2 Å². The first-order valence-corrected chi connectivity index (χ1v) is 10.0. The molecule has 3 heterocycles. The number of amides is 1. The number of carbonyl (C=O) groups excluding carboxylic acids is 1. The lowest BCUT2D eigenvalue weighted by Gasteiger charge is -2.07. The number of fused-ring (bicyclic) bond motifs is 1. The third-order valence-corrected chi connectivity index (χ3v) is 5.74. The topological polar surface area (TPSA) is 73.0 Å². The number of aromatic nitrogens is 3. The van der Waals surface area contributed by atoms with E-state index in [0.717, 1.165) is 33.1 Å². The monoisotopic (exact) mass is 410 g/mol. The van der Waals surface area contributed by atoms with Gasteiger partial charge < -0.3 is 14.3 Å². The van der Waals surface area contributed by atoms with Crippen LogP contribution in [0.25, 0.3) is 11.0 Å². The van der Waals surface area contributed by atoms with Crippen molar-refractivity contribution in [3.8, 4) is 0 Å². The fourth-order valence-corrected chi connectivity index (χ4v) is 4.03. The highest BCUT2D eigenvalue weighted by Gasteiger charge is 2.18. The Bertz CT molecular complexity index is 1170. The Kier molecular flexibility index (Phi) is 5.35. The van der Waals surface area contributed by atoms with Gasteiger partial charge in [0.1, 0.15) is 28.6 Å². The quantitative estimate of drug-likeness (QED) is 0.373. The lowest BCUT2D eigenvalue weighted by molar-refractivity contribution is -0.113. The van der Waals surface area contributed by atoms with Crippen molar-refractivity contribution in [2.75, 3.05) is 11.1 Å². The molecule has 1 N–H and O–H groups in total. The average Bonchev–Trinajstić information content (AvgIpc) is 3.31. The van der Waals surface area contributed by atoms with Crippen LogP contribution in [-0.2, 0) is 11.3 Å². The molecule has 4 aromatic rings. The van der Waals surface area contributed by atoms with Crippen LogP contribution in [0.4, 0.5) is 10.1 Å². The van der Waals surface area contributed by atoms with Crippen molar-refractivity contribution in [2.24, 2.45) is 0 Å². The van der Waals surface area contributed by atoms with E-state index in [1.807, 2.05) is 26.0 Å². The summed E-state index contributed by atoms with van der Waals surface area (Å²) in [5.74, 6) is 0.192. The number of para-hydroxylation sites is 1. The van der Waals surface area contributed by atoms with E-state index in [4.69, 9.17) is 4.42 Å². The van der Waals surface area contributed by atoms with Gasteiger partial charge in [0.15, 0.2) is 0 Å². The molecule has 0 atom stereocenters. The first-order valence-electron chi connectivity index (χ1n) is 9.04. The Labute approximate surface area is 171 Å². The zero-order chi connectivity index (χ0) is 20.4. The molecule has 1 aromatic carbocycles. The summed E-state index contributed by atoms with van der Waals surface area (Å²) in [6.07, 6.45) is 3.14. The highest BCUT2D eigenvalue weighted by Crippen LogP contribution is 2.32. The van der Waals surface area contributed by atoms with Gasteiger partial charge in [-0.2, -0.15) is 0 Å². The maximum atomic E-state index is 13.7. The summed E-state index contributed by atoms with van der Waals surface area (Å²) in [5.41, 5.74) is 3.09. The second-order valence-corrected chi connectivity index (χ2v) is 7.53. The molecule has 0 aliphatic rings. The summed E-state index contributed by atoms with van der Waals surface area (Å²) < 4.78 is 21.3. The largest absolute Gasteiger partial charge is 0.467 e. The highest BCUT2D eigenvalue weighted by atomic mass is 32.2. The number of halogens is 1. The van der Waals surface area contributed by atoms with Crippen LogP contribution in [0.15, 0.2) is 58.4 Å². The second kappa shape index (κ2) is 8.08. The van der Waals surface area contributed by atoms with Crippen molar-refractivity contribution in [2.45, 2.75) is 25.4 Å². The van der Waals surface area contributed by atoms with E-state index in [-0.39, 0.29) is 17.3 Å². The minimum Gasteiger partial charge on any atom is -0.467 e. The number of carbonyl (C=O) groups is 1. The summed E-state index contributed by atoms with van der Waals surface area (Å²) in [7, 11) is 0. The van der Waals surface area contributed by atoms with Gasteiger partial charge in [0.05, 0.1) is 29.6 Å². The number of thioether (sulfide) groups is 1. The average molecular weight is 410 g/mol. The van der Waals surface area contributed by atoms with Gasteiger partial charge >= 0.3 is 0 Å². The van der Waals surface area contributed by atoms with Gasteiger partial charge in [-0.25, -0.2) is 14.4 Å². The third-order valence-electron chi connectivity index (χ3n) is 4.75.